The molecule has 0 aliphatic heterocycles. The van der Waals surface area contributed by atoms with Gasteiger partial charge in [-0.3, -0.25) is 4.79 Å². The average molecular weight is 213 g/mol. The Kier molecular flexibility index (Phi) is 4.58. The molecule has 3 nitrogen and oxygen atoms in total. The number of carboxylic acid groups (broad SMARTS) is 1. The van der Waals surface area contributed by atoms with Crippen LogP contribution in [-0.4, -0.2) is 23.2 Å². The maximum Gasteiger partial charge on any atom is 0.320 e. The zero-order valence-corrected chi connectivity index (χ0v) is 9.99. The van der Waals surface area contributed by atoms with Crippen LogP contribution >= 0.6 is 0 Å². The molecule has 0 spiro atoms. The maximum absolute atomic E-state index is 10.7. The number of aliphatic carboxylic acids is 1. The summed E-state index contributed by atoms with van der Waals surface area (Å²) in [5.41, 5.74) is 0. The number of nitrogens with one attached hydrogen (secondary N) is 1. The lowest BCUT2D eigenvalue weighted by Crippen LogP contribution is -2.43. The van der Waals surface area contributed by atoms with E-state index in [1.807, 2.05) is 0 Å². The van der Waals surface area contributed by atoms with Gasteiger partial charge in [-0.05, 0) is 44.4 Å². The summed E-state index contributed by atoms with van der Waals surface area (Å²) < 4.78 is 0. The number of carbonyl (C=O) groups is 1. The summed E-state index contributed by atoms with van der Waals surface area (Å²) in [6, 6.07) is -0.00306. The van der Waals surface area contributed by atoms with Gasteiger partial charge < -0.3 is 10.4 Å². The van der Waals surface area contributed by atoms with Crippen LogP contribution in [0, 0.1) is 11.8 Å². The Morgan fingerprint density at radius 2 is 1.73 bits per heavy atom. The van der Waals surface area contributed by atoms with E-state index >= 15 is 0 Å². The Hall–Kier alpha value is -0.570. The van der Waals surface area contributed by atoms with Crippen LogP contribution in [0.5, 0.6) is 0 Å². The molecule has 3 heteroatoms. The molecule has 0 saturated heterocycles. The third kappa shape index (κ3) is 3.82. The number of carboxylic acids is 1. The van der Waals surface area contributed by atoms with Crippen LogP contribution in [0.2, 0.25) is 0 Å². The lowest BCUT2D eigenvalue weighted by atomic mass is 9.79. The van der Waals surface area contributed by atoms with Crippen molar-refractivity contribution in [2.75, 3.05) is 0 Å². The normalized spacial score (nSPS) is 29.1. The molecule has 1 rings (SSSR count). The van der Waals surface area contributed by atoms with Gasteiger partial charge in [-0.25, -0.2) is 0 Å². The van der Waals surface area contributed by atoms with Crippen LogP contribution in [0.4, 0.5) is 0 Å². The predicted octanol–water partition coefficient (Wildman–Crippen LogP) is 2.26. The highest BCUT2D eigenvalue weighted by Crippen LogP contribution is 2.29. The van der Waals surface area contributed by atoms with Gasteiger partial charge in [0.15, 0.2) is 0 Å². The van der Waals surface area contributed by atoms with Gasteiger partial charge in [-0.15, -0.1) is 0 Å². The van der Waals surface area contributed by atoms with Gasteiger partial charge >= 0.3 is 5.97 Å². The molecule has 0 amide bonds. The summed E-state index contributed by atoms with van der Waals surface area (Å²) in [5.74, 6) is 0.854. The summed E-state index contributed by atoms with van der Waals surface area (Å²) in [6.45, 7) is 6.27. The first-order valence-electron chi connectivity index (χ1n) is 5.99. The molecule has 0 heterocycles. The van der Waals surface area contributed by atoms with E-state index in [1.165, 1.54) is 12.8 Å². The minimum absolute atomic E-state index is 0.408. The van der Waals surface area contributed by atoms with E-state index in [2.05, 4.69) is 19.2 Å². The molecule has 1 aliphatic rings. The fraction of sp³-hybridized carbons (Fsp3) is 0.917. The molecule has 0 aromatic rings. The highest BCUT2D eigenvalue weighted by molar-refractivity contribution is 5.72. The minimum Gasteiger partial charge on any atom is -0.480 e. The van der Waals surface area contributed by atoms with E-state index in [9.17, 15) is 4.79 Å². The SMILES string of the molecule is CC(C)C1CCC(N[C@H](C)C(=O)O)CC1. The smallest absolute Gasteiger partial charge is 0.320 e. The first kappa shape index (κ1) is 12.5. The van der Waals surface area contributed by atoms with Gasteiger partial charge in [0.05, 0.1) is 0 Å². The van der Waals surface area contributed by atoms with Crippen molar-refractivity contribution in [3.05, 3.63) is 0 Å². The molecule has 0 bridgehead atoms. The summed E-state index contributed by atoms with van der Waals surface area (Å²) in [6.07, 6.45) is 4.73. The highest BCUT2D eigenvalue weighted by atomic mass is 16.4. The molecule has 15 heavy (non-hydrogen) atoms. The molecule has 0 unspecified atom stereocenters. The van der Waals surface area contributed by atoms with E-state index in [0.717, 1.165) is 24.7 Å². The first-order valence-corrected chi connectivity index (χ1v) is 5.99. The molecular formula is C12H23NO2. The van der Waals surface area contributed by atoms with Crippen molar-refractivity contribution in [2.45, 2.75) is 58.5 Å². The molecule has 2 N–H and O–H groups in total. The minimum atomic E-state index is -0.749. The van der Waals surface area contributed by atoms with Crippen molar-refractivity contribution >= 4 is 5.97 Å². The van der Waals surface area contributed by atoms with Gasteiger partial charge in [0.2, 0.25) is 0 Å². The van der Waals surface area contributed by atoms with Crippen LogP contribution in [0.1, 0.15) is 46.5 Å². The van der Waals surface area contributed by atoms with E-state index in [4.69, 9.17) is 5.11 Å². The summed E-state index contributed by atoms with van der Waals surface area (Å²) in [7, 11) is 0. The Balaban J connectivity index is 2.28. The predicted molar refractivity (Wildman–Crippen MR) is 60.8 cm³/mol. The fourth-order valence-corrected chi connectivity index (χ4v) is 2.38. The second kappa shape index (κ2) is 5.50. The fourth-order valence-electron chi connectivity index (χ4n) is 2.38. The van der Waals surface area contributed by atoms with E-state index in [0.29, 0.717) is 6.04 Å². The Labute approximate surface area is 92.3 Å². The molecule has 0 radical (unpaired) electrons. The third-order valence-electron chi connectivity index (χ3n) is 3.57. The third-order valence-corrected chi connectivity index (χ3v) is 3.57. The Morgan fingerprint density at radius 3 is 2.13 bits per heavy atom. The van der Waals surface area contributed by atoms with Crippen LogP contribution in [-0.2, 0) is 4.79 Å². The van der Waals surface area contributed by atoms with Crippen LogP contribution in [0.3, 0.4) is 0 Å². The zero-order valence-electron chi connectivity index (χ0n) is 9.99. The van der Waals surface area contributed by atoms with Crippen molar-refractivity contribution in [1.82, 2.24) is 5.32 Å². The molecule has 1 saturated carbocycles. The number of hydrogen-bond donors (Lipinski definition) is 2. The summed E-state index contributed by atoms with van der Waals surface area (Å²) >= 11 is 0. The second-order valence-corrected chi connectivity index (χ2v) is 5.08. The van der Waals surface area contributed by atoms with Crippen molar-refractivity contribution in [3.8, 4) is 0 Å². The van der Waals surface area contributed by atoms with Crippen molar-refractivity contribution in [1.29, 1.82) is 0 Å². The monoisotopic (exact) mass is 213 g/mol. The first-order chi connectivity index (χ1) is 7.00. The Morgan fingerprint density at radius 1 is 1.20 bits per heavy atom. The lowest BCUT2D eigenvalue weighted by molar-refractivity contribution is -0.139. The molecule has 1 atom stereocenters. The molecule has 0 aromatic heterocycles. The Bertz CT molecular complexity index is 208. The molecule has 88 valence electrons. The van der Waals surface area contributed by atoms with Gasteiger partial charge in [0.25, 0.3) is 0 Å². The molecular weight excluding hydrogens is 190 g/mol. The van der Waals surface area contributed by atoms with Gasteiger partial charge in [0.1, 0.15) is 6.04 Å². The van der Waals surface area contributed by atoms with E-state index < -0.39 is 12.0 Å². The van der Waals surface area contributed by atoms with E-state index in [1.54, 1.807) is 6.92 Å². The largest absolute Gasteiger partial charge is 0.480 e. The zero-order chi connectivity index (χ0) is 11.4. The number of hydrogen-bond acceptors (Lipinski definition) is 2. The van der Waals surface area contributed by atoms with Gasteiger partial charge in [-0.2, -0.15) is 0 Å². The van der Waals surface area contributed by atoms with Gasteiger partial charge in [0, 0.05) is 6.04 Å². The van der Waals surface area contributed by atoms with Crippen molar-refractivity contribution in [2.24, 2.45) is 11.8 Å². The number of rotatable bonds is 4. The average Bonchev–Trinajstić information content (AvgIpc) is 2.18. The quantitative estimate of drug-likeness (QED) is 0.753. The van der Waals surface area contributed by atoms with Crippen molar-refractivity contribution < 1.29 is 9.90 Å². The standard InChI is InChI=1S/C12H23NO2/c1-8(2)10-4-6-11(7-5-10)13-9(3)12(14)15/h8-11,13H,4-7H2,1-3H3,(H,14,15)/t9-,10?,11?/m1/s1. The van der Waals surface area contributed by atoms with Crippen LogP contribution < -0.4 is 5.32 Å². The van der Waals surface area contributed by atoms with Crippen molar-refractivity contribution in [3.63, 3.8) is 0 Å². The molecule has 1 aliphatic carbocycles. The van der Waals surface area contributed by atoms with E-state index in [-0.39, 0.29) is 0 Å². The molecule has 1 fully saturated rings. The molecule has 0 aromatic carbocycles. The van der Waals surface area contributed by atoms with Crippen LogP contribution in [0.25, 0.3) is 0 Å². The second-order valence-electron chi connectivity index (χ2n) is 5.08. The topological polar surface area (TPSA) is 49.3 Å². The maximum atomic E-state index is 10.7. The highest BCUT2D eigenvalue weighted by Gasteiger charge is 2.25. The van der Waals surface area contributed by atoms with Crippen LogP contribution in [0.15, 0.2) is 0 Å². The van der Waals surface area contributed by atoms with Gasteiger partial charge in [-0.1, -0.05) is 13.8 Å². The summed E-state index contributed by atoms with van der Waals surface area (Å²) in [4.78, 5) is 10.7. The summed E-state index contributed by atoms with van der Waals surface area (Å²) in [5, 5.41) is 12.0. The lowest BCUT2D eigenvalue weighted by Gasteiger charge is -2.32.